The van der Waals surface area contributed by atoms with Crippen molar-refractivity contribution in [3.63, 3.8) is 0 Å². The van der Waals surface area contributed by atoms with Crippen LogP contribution in [0.1, 0.15) is 39.5 Å². The van der Waals surface area contributed by atoms with Crippen molar-refractivity contribution in [1.29, 1.82) is 0 Å². The molecule has 0 aliphatic heterocycles. The average molecular weight is 264 g/mol. The number of anilines is 1. The molecular weight excluding hydrogens is 236 g/mol. The molecule has 0 saturated carbocycles. The van der Waals surface area contributed by atoms with Crippen LogP contribution in [-0.4, -0.2) is 30.3 Å². The fourth-order valence-corrected chi connectivity index (χ4v) is 2.11. The zero-order chi connectivity index (χ0) is 14.1. The molecule has 0 radical (unpaired) electrons. The van der Waals surface area contributed by atoms with E-state index in [-0.39, 0.29) is 6.61 Å². The van der Waals surface area contributed by atoms with Crippen molar-refractivity contribution >= 4 is 5.69 Å². The third kappa shape index (κ3) is 6.08. The predicted octanol–water partition coefficient (Wildman–Crippen LogP) is 2.78. The molecule has 1 rings (SSSR count). The first-order valence-corrected chi connectivity index (χ1v) is 7.29. The van der Waals surface area contributed by atoms with Gasteiger partial charge >= 0.3 is 0 Å². The van der Waals surface area contributed by atoms with Gasteiger partial charge in [0.25, 0.3) is 0 Å². The number of nitrogens with zero attached hydrogens (tertiary/aromatic N) is 1. The second-order valence-corrected chi connectivity index (χ2v) is 5.59. The van der Waals surface area contributed by atoms with E-state index in [2.05, 4.69) is 36.1 Å². The molecule has 0 aliphatic rings. The summed E-state index contributed by atoms with van der Waals surface area (Å²) in [6.45, 7) is 6.25. The van der Waals surface area contributed by atoms with Crippen molar-refractivity contribution in [1.82, 2.24) is 0 Å². The highest BCUT2D eigenvalue weighted by atomic mass is 16.3. The molecule has 0 saturated heterocycles. The molecule has 3 heteroatoms. The lowest BCUT2D eigenvalue weighted by atomic mass is 9.98. The number of aliphatic hydroxyl groups is 1. The highest BCUT2D eigenvalue weighted by Crippen LogP contribution is 2.16. The number of unbranched alkanes of at least 4 members (excludes halogenated alkanes) is 1. The van der Waals surface area contributed by atoms with Gasteiger partial charge in [-0.25, -0.2) is 0 Å². The number of para-hydroxylation sites is 1. The lowest BCUT2D eigenvalue weighted by Crippen LogP contribution is -2.41. The van der Waals surface area contributed by atoms with E-state index in [1.165, 1.54) is 18.5 Å². The summed E-state index contributed by atoms with van der Waals surface area (Å²) in [5.41, 5.74) is 6.80. The van der Waals surface area contributed by atoms with Crippen LogP contribution in [0.25, 0.3) is 0 Å². The zero-order valence-corrected chi connectivity index (χ0v) is 12.3. The van der Waals surface area contributed by atoms with Crippen LogP contribution in [0.5, 0.6) is 0 Å². The van der Waals surface area contributed by atoms with Crippen LogP contribution in [-0.2, 0) is 0 Å². The Balaban J connectivity index is 2.51. The minimum absolute atomic E-state index is 0.0489. The monoisotopic (exact) mass is 264 g/mol. The van der Waals surface area contributed by atoms with Crippen molar-refractivity contribution in [3.8, 4) is 0 Å². The molecule has 19 heavy (non-hydrogen) atoms. The molecule has 0 bridgehead atoms. The first kappa shape index (κ1) is 16.0. The Kier molecular flexibility index (Phi) is 6.89. The van der Waals surface area contributed by atoms with Gasteiger partial charge in [-0.1, -0.05) is 31.5 Å². The van der Waals surface area contributed by atoms with Crippen molar-refractivity contribution in [2.75, 3.05) is 24.6 Å². The Labute approximate surface area is 117 Å². The minimum Gasteiger partial charge on any atom is -0.394 e. The van der Waals surface area contributed by atoms with Gasteiger partial charge in [0.05, 0.1) is 6.61 Å². The molecule has 108 valence electrons. The fraction of sp³-hybridized carbons (Fsp3) is 0.625. The summed E-state index contributed by atoms with van der Waals surface area (Å²) in [5.74, 6) is 0. The molecule has 0 fully saturated rings. The van der Waals surface area contributed by atoms with Gasteiger partial charge in [-0.3, -0.25) is 0 Å². The van der Waals surface area contributed by atoms with Crippen molar-refractivity contribution in [2.24, 2.45) is 5.73 Å². The summed E-state index contributed by atoms with van der Waals surface area (Å²) in [7, 11) is 0. The SMILES string of the molecule is CCCCN(CCCC(C)(N)CO)c1ccccc1. The van der Waals surface area contributed by atoms with E-state index in [4.69, 9.17) is 5.73 Å². The van der Waals surface area contributed by atoms with Gasteiger partial charge in [-0.05, 0) is 38.3 Å². The van der Waals surface area contributed by atoms with E-state index in [9.17, 15) is 5.11 Å². The molecule has 0 amide bonds. The number of benzene rings is 1. The number of rotatable bonds is 9. The Hall–Kier alpha value is -1.06. The summed E-state index contributed by atoms with van der Waals surface area (Å²) in [6, 6.07) is 10.5. The Morgan fingerprint density at radius 1 is 1.16 bits per heavy atom. The summed E-state index contributed by atoms with van der Waals surface area (Å²) >= 11 is 0. The molecular formula is C16H28N2O. The maximum Gasteiger partial charge on any atom is 0.0608 e. The second-order valence-electron chi connectivity index (χ2n) is 5.59. The Bertz CT molecular complexity index is 338. The predicted molar refractivity (Wildman–Crippen MR) is 82.5 cm³/mol. The average Bonchev–Trinajstić information content (AvgIpc) is 2.43. The lowest BCUT2D eigenvalue weighted by molar-refractivity contribution is 0.198. The van der Waals surface area contributed by atoms with Crippen LogP contribution in [0, 0.1) is 0 Å². The third-order valence-electron chi connectivity index (χ3n) is 3.44. The highest BCUT2D eigenvalue weighted by Gasteiger charge is 2.17. The zero-order valence-electron chi connectivity index (χ0n) is 12.3. The molecule has 0 aromatic heterocycles. The summed E-state index contributed by atoms with van der Waals surface area (Å²) < 4.78 is 0. The fourth-order valence-electron chi connectivity index (χ4n) is 2.11. The minimum atomic E-state index is -0.451. The summed E-state index contributed by atoms with van der Waals surface area (Å²) in [6.07, 6.45) is 4.26. The molecule has 1 atom stereocenters. The van der Waals surface area contributed by atoms with Crippen LogP contribution in [0.4, 0.5) is 5.69 Å². The quantitative estimate of drug-likeness (QED) is 0.721. The topological polar surface area (TPSA) is 49.5 Å². The van der Waals surface area contributed by atoms with Crippen LogP contribution < -0.4 is 10.6 Å². The molecule has 0 heterocycles. The van der Waals surface area contributed by atoms with Crippen LogP contribution in [0.3, 0.4) is 0 Å². The van der Waals surface area contributed by atoms with E-state index in [0.717, 1.165) is 25.9 Å². The molecule has 3 nitrogen and oxygen atoms in total. The smallest absolute Gasteiger partial charge is 0.0608 e. The number of hydrogen-bond donors (Lipinski definition) is 2. The van der Waals surface area contributed by atoms with Gasteiger partial charge in [0, 0.05) is 24.3 Å². The third-order valence-corrected chi connectivity index (χ3v) is 3.44. The molecule has 1 aromatic carbocycles. The summed E-state index contributed by atoms with van der Waals surface area (Å²) in [4.78, 5) is 2.41. The highest BCUT2D eigenvalue weighted by molar-refractivity contribution is 5.45. The van der Waals surface area contributed by atoms with Crippen LogP contribution in [0.15, 0.2) is 30.3 Å². The van der Waals surface area contributed by atoms with Gasteiger partial charge < -0.3 is 15.7 Å². The van der Waals surface area contributed by atoms with Crippen LogP contribution in [0.2, 0.25) is 0 Å². The van der Waals surface area contributed by atoms with Crippen molar-refractivity contribution < 1.29 is 5.11 Å². The van der Waals surface area contributed by atoms with Gasteiger partial charge in [0.2, 0.25) is 0 Å². The Morgan fingerprint density at radius 2 is 1.79 bits per heavy atom. The lowest BCUT2D eigenvalue weighted by Gasteiger charge is -2.27. The van der Waals surface area contributed by atoms with Gasteiger partial charge in [-0.15, -0.1) is 0 Å². The van der Waals surface area contributed by atoms with Crippen molar-refractivity contribution in [2.45, 2.75) is 45.1 Å². The van der Waals surface area contributed by atoms with E-state index in [1.54, 1.807) is 0 Å². The van der Waals surface area contributed by atoms with E-state index < -0.39 is 5.54 Å². The number of nitrogens with two attached hydrogens (primary N) is 1. The maximum absolute atomic E-state index is 9.18. The molecule has 3 N–H and O–H groups in total. The van der Waals surface area contributed by atoms with E-state index in [0.29, 0.717) is 0 Å². The largest absolute Gasteiger partial charge is 0.394 e. The molecule has 0 aliphatic carbocycles. The second kappa shape index (κ2) is 8.18. The summed E-state index contributed by atoms with van der Waals surface area (Å²) in [5, 5.41) is 9.18. The molecule has 1 unspecified atom stereocenters. The van der Waals surface area contributed by atoms with Gasteiger partial charge in [0.1, 0.15) is 0 Å². The molecule has 0 spiro atoms. The Morgan fingerprint density at radius 3 is 2.37 bits per heavy atom. The number of hydrogen-bond acceptors (Lipinski definition) is 3. The number of aliphatic hydroxyl groups excluding tert-OH is 1. The van der Waals surface area contributed by atoms with E-state index in [1.807, 2.05) is 13.0 Å². The normalized spacial score (nSPS) is 14.1. The van der Waals surface area contributed by atoms with Gasteiger partial charge in [0.15, 0.2) is 0 Å². The van der Waals surface area contributed by atoms with Crippen molar-refractivity contribution in [3.05, 3.63) is 30.3 Å². The molecule has 1 aromatic rings. The standard InChI is InChI=1S/C16H28N2O/c1-3-4-12-18(15-9-6-5-7-10-15)13-8-11-16(2,17)14-19/h5-7,9-10,19H,3-4,8,11-14,17H2,1-2H3. The van der Waals surface area contributed by atoms with Crippen LogP contribution >= 0.6 is 0 Å². The first-order chi connectivity index (χ1) is 9.09. The maximum atomic E-state index is 9.18. The van der Waals surface area contributed by atoms with E-state index >= 15 is 0 Å². The first-order valence-electron chi connectivity index (χ1n) is 7.29. The van der Waals surface area contributed by atoms with Gasteiger partial charge in [-0.2, -0.15) is 0 Å².